The lowest BCUT2D eigenvalue weighted by Gasteiger charge is -2.13. The van der Waals surface area contributed by atoms with Gasteiger partial charge in [0.25, 0.3) is 0 Å². The summed E-state index contributed by atoms with van der Waals surface area (Å²) >= 11 is 5.81. The topological polar surface area (TPSA) is 60.4 Å². The minimum absolute atomic E-state index is 0.0864. The van der Waals surface area contributed by atoms with Crippen LogP contribution in [0.1, 0.15) is 33.6 Å². The molecule has 0 aliphatic heterocycles. The van der Waals surface area contributed by atoms with E-state index in [2.05, 4.69) is 0 Å². The molecule has 124 valence electrons. The van der Waals surface area contributed by atoms with Gasteiger partial charge in [-0.25, -0.2) is 0 Å². The molecule has 0 saturated heterocycles. The van der Waals surface area contributed by atoms with Crippen LogP contribution < -0.4 is 0 Å². The molecule has 0 aliphatic rings. The highest BCUT2D eigenvalue weighted by atomic mass is 35.5. The Balaban J connectivity index is 2.11. The molecule has 0 radical (unpaired) electrons. The van der Waals surface area contributed by atoms with Crippen LogP contribution >= 0.6 is 11.6 Å². The molecule has 0 heterocycles. The van der Waals surface area contributed by atoms with Crippen molar-refractivity contribution in [2.75, 3.05) is 7.11 Å². The monoisotopic (exact) mass is 344 g/mol. The maximum absolute atomic E-state index is 12.6. The van der Waals surface area contributed by atoms with Gasteiger partial charge in [0.05, 0.1) is 7.11 Å². The van der Waals surface area contributed by atoms with E-state index >= 15 is 0 Å². The van der Waals surface area contributed by atoms with E-state index in [9.17, 15) is 14.4 Å². The quantitative estimate of drug-likeness (QED) is 0.433. The Morgan fingerprint density at radius 2 is 1.58 bits per heavy atom. The molecule has 24 heavy (non-hydrogen) atoms. The van der Waals surface area contributed by atoms with Gasteiger partial charge in [-0.2, -0.15) is 0 Å². The molecule has 2 aromatic carbocycles. The Labute approximate surface area is 145 Å². The lowest BCUT2D eigenvalue weighted by Crippen LogP contribution is -2.26. The number of hydrogen-bond donors (Lipinski definition) is 0. The van der Waals surface area contributed by atoms with E-state index in [-0.39, 0.29) is 24.4 Å². The summed E-state index contributed by atoms with van der Waals surface area (Å²) in [6, 6.07) is 15.0. The summed E-state index contributed by atoms with van der Waals surface area (Å²) in [5.74, 6) is -2.15. The Hall–Kier alpha value is -2.46. The van der Waals surface area contributed by atoms with Crippen LogP contribution in [0.4, 0.5) is 0 Å². The van der Waals surface area contributed by atoms with Crippen molar-refractivity contribution in [3.8, 4) is 0 Å². The highest BCUT2D eigenvalue weighted by Crippen LogP contribution is 2.19. The lowest BCUT2D eigenvalue weighted by molar-refractivity contribution is -0.143. The van der Waals surface area contributed by atoms with E-state index in [4.69, 9.17) is 16.3 Å². The van der Waals surface area contributed by atoms with Crippen LogP contribution in [0.3, 0.4) is 0 Å². The Bertz CT molecular complexity index is 723. The summed E-state index contributed by atoms with van der Waals surface area (Å²) in [7, 11) is 1.23. The molecule has 0 amide bonds. The number of carbonyl (C=O) groups is 3. The molecule has 0 spiro atoms. The number of benzene rings is 2. The zero-order valence-corrected chi connectivity index (χ0v) is 14.0. The number of ether oxygens (including phenoxy) is 1. The van der Waals surface area contributed by atoms with Crippen molar-refractivity contribution in [3.05, 3.63) is 70.7 Å². The third-order valence-electron chi connectivity index (χ3n) is 3.69. The molecule has 5 heteroatoms. The predicted octanol–water partition coefficient (Wildman–Crippen LogP) is 3.98. The van der Waals surface area contributed by atoms with E-state index < -0.39 is 11.9 Å². The number of esters is 1. The Morgan fingerprint density at radius 3 is 2.17 bits per heavy atom. The van der Waals surface area contributed by atoms with Gasteiger partial charge in [-0.05, 0) is 30.7 Å². The molecule has 1 unspecified atom stereocenters. The molecule has 1 atom stereocenters. The van der Waals surface area contributed by atoms with Crippen LogP contribution in [0.25, 0.3) is 0 Å². The number of Topliss-reactive ketones (excluding diaryl/α,β-unsaturated/α-hetero) is 2. The van der Waals surface area contributed by atoms with Crippen LogP contribution in [0.2, 0.25) is 5.02 Å². The Morgan fingerprint density at radius 1 is 0.958 bits per heavy atom. The first-order valence-electron chi connectivity index (χ1n) is 7.48. The van der Waals surface area contributed by atoms with Crippen molar-refractivity contribution < 1.29 is 19.1 Å². The molecule has 2 aromatic rings. The summed E-state index contributed by atoms with van der Waals surface area (Å²) in [5.41, 5.74) is 0.919. The van der Waals surface area contributed by atoms with Gasteiger partial charge in [0, 0.05) is 22.6 Å². The van der Waals surface area contributed by atoms with Crippen LogP contribution in [-0.2, 0) is 9.53 Å². The summed E-state index contributed by atoms with van der Waals surface area (Å²) < 4.78 is 4.72. The molecule has 0 N–H and O–H groups in total. The molecule has 0 saturated carbocycles. The van der Waals surface area contributed by atoms with Crippen LogP contribution in [0.15, 0.2) is 54.6 Å². The molecule has 2 rings (SSSR count). The second-order valence-electron chi connectivity index (χ2n) is 5.27. The van der Waals surface area contributed by atoms with Crippen molar-refractivity contribution in [2.24, 2.45) is 5.92 Å². The third-order valence-corrected chi connectivity index (χ3v) is 3.94. The van der Waals surface area contributed by atoms with Crippen molar-refractivity contribution >= 4 is 29.1 Å². The number of ketones is 2. The average Bonchev–Trinajstić information content (AvgIpc) is 2.62. The molecular formula is C19H17ClO4. The van der Waals surface area contributed by atoms with Gasteiger partial charge >= 0.3 is 5.97 Å². The Kier molecular flexibility index (Phi) is 6.27. The van der Waals surface area contributed by atoms with E-state index in [1.165, 1.54) is 7.11 Å². The maximum Gasteiger partial charge on any atom is 0.316 e. The molecule has 0 aromatic heterocycles. The molecule has 0 aliphatic carbocycles. The van der Waals surface area contributed by atoms with Crippen LogP contribution in [-0.4, -0.2) is 24.6 Å². The van der Waals surface area contributed by atoms with Crippen molar-refractivity contribution in [3.63, 3.8) is 0 Å². The fraction of sp³-hybridized carbons (Fsp3) is 0.211. The van der Waals surface area contributed by atoms with Gasteiger partial charge in [-0.15, -0.1) is 0 Å². The van der Waals surface area contributed by atoms with Gasteiger partial charge in [0.1, 0.15) is 5.92 Å². The van der Waals surface area contributed by atoms with Crippen LogP contribution in [0, 0.1) is 5.92 Å². The fourth-order valence-electron chi connectivity index (χ4n) is 2.36. The van der Waals surface area contributed by atoms with Crippen molar-refractivity contribution in [1.29, 1.82) is 0 Å². The minimum atomic E-state index is -1.01. The predicted molar refractivity (Wildman–Crippen MR) is 91.3 cm³/mol. The summed E-state index contributed by atoms with van der Waals surface area (Å²) in [6.07, 6.45) is 0.185. The normalized spacial score (nSPS) is 11.6. The molecule has 4 nitrogen and oxygen atoms in total. The second-order valence-corrected chi connectivity index (χ2v) is 5.71. The third kappa shape index (κ3) is 4.52. The number of rotatable bonds is 7. The number of carbonyl (C=O) groups excluding carboxylic acids is 3. The molecule has 0 fully saturated rings. The largest absolute Gasteiger partial charge is 0.468 e. The highest BCUT2D eigenvalue weighted by molar-refractivity contribution is 6.30. The zero-order valence-electron chi connectivity index (χ0n) is 13.2. The number of halogens is 1. The highest BCUT2D eigenvalue weighted by Gasteiger charge is 2.29. The van der Waals surface area contributed by atoms with E-state index in [1.54, 1.807) is 48.5 Å². The smallest absolute Gasteiger partial charge is 0.316 e. The van der Waals surface area contributed by atoms with E-state index in [0.717, 1.165) is 0 Å². The summed E-state index contributed by atoms with van der Waals surface area (Å²) in [6.45, 7) is 0. The van der Waals surface area contributed by atoms with E-state index in [0.29, 0.717) is 16.1 Å². The first-order chi connectivity index (χ1) is 11.5. The number of hydrogen-bond acceptors (Lipinski definition) is 4. The first kappa shape index (κ1) is 17.9. The number of methoxy groups -OCH3 is 1. The van der Waals surface area contributed by atoms with Crippen LogP contribution in [0.5, 0.6) is 0 Å². The summed E-state index contributed by atoms with van der Waals surface area (Å²) in [5, 5.41) is 0.500. The first-order valence-corrected chi connectivity index (χ1v) is 7.86. The standard InChI is InChI=1S/C19H17ClO4/c1-24-19(23)16(18(22)14-7-9-15(20)10-8-14)11-12-17(21)13-5-3-2-4-6-13/h2-10,16H,11-12H2,1H3. The molecular weight excluding hydrogens is 328 g/mol. The maximum atomic E-state index is 12.6. The van der Waals surface area contributed by atoms with Gasteiger partial charge < -0.3 is 4.74 Å². The minimum Gasteiger partial charge on any atom is -0.468 e. The van der Waals surface area contributed by atoms with Crippen molar-refractivity contribution in [1.82, 2.24) is 0 Å². The van der Waals surface area contributed by atoms with Gasteiger partial charge in [-0.3, -0.25) is 14.4 Å². The average molecular weight is 345 g/mol. The van der Waals surface area contributed by atoms with Gasteiger partial charge in [-0.1, -0.05) is 41.9 Å². The van der Waals surface area contributed by atoms with Gasteiger partial charge in [0.15, 0.2) is 11.6 Å². The fourth-order valence-corrected chi connectivity index (χ4v) is 2.48. The zero-order chi connectivity index (χ0) is 17.5. The van der Waals surface area contributed by atoms with Crippen molar-refractivity contribution in [2.45, 2.75) is 12.8 Å². The summed E-state index contributed by atoms with van der Waals surface area (Å²) in [4.78, 5) is 36.7. The lowest BCUT2D eigenvalue weighted by atomic mass is 9.91. The van der Waals surface area contributed by atoms with Gasteiger partial charge in [0.2, 0.25) is 0 Å². The SMILES string of the molecule is COC(=O)C(CCC(=O)c1ccccc1)C(=O)c1ccc(Cl)cc1. The second kappa shape index (κ2) is 8.41. The van der Waals surface area contributed by atoms with E-state index in [1.807, 2.05) is 6.07 Å². The molecule has 0 bridgehead atoms.